The number of hydrogen-bond acceptors (Lipinski definition) is 3. The molecule has 2 rings (SSSR count). The van der Waals surface area contributed by atoms with E-state index in [-0.39, 0.29) is 5.91 Å². The molecule has 1 amide bonds. The number of likely N-dealkylation sites (N-methyl/N-ethyl adjacent to an activating group) is 1. The first-order valence-corrected chi connectivity index (χ1v) is 4.66. The summed E-state index contributed by atoms with van der Waals surface area (Å²) in [6.07, 6.45) is 1.64. The van der Waals surface area contributed by atoms with E-state index in [2.05, 4.69) is 10.4 Å². The predicted molar refractivity (Wildman–Crippen MR) is 52.0 cm³/mol. The molecule has 1 aromatic rings. The summed E-state index contributed by atoms with van der Waals surface area (Å²) in [7, 11) is 3.61. The fourth-order valence-electron chi connectivity index (χ4n) is 1.48. The van der Waals surface area contributed by atoms with Gasteiger partial charge in [0.25, 0.3) is 5.91 Å². The van der Waals surface area contributed by atoms with Gasteiger partial charge in [0.2, 0.25) is 0 Å². The van der Waals surface area contributed by atoms with E-state index < -0.39 is 0 Å². The first-order chi connectivity index (χ1) is 6.70. The molecule has 0 bridgehead atoms. The molecule has 1 aliphatic rings. The third-order valence-electron chi connectivity index (χ3n) is 2.67. The number of rotatable bonds is 2. The van der Waals surface area contributed by atoms with Crippen LogP contribution in [0.15, 0.2) is 12.3 Å². The zero-order valence-electron chi connectivity index (χ0n) is 8.40. The molecule has 1 saturated heterocycles. The Morgan fingerprint density at radius 2 is 2.43 bits per heavy atom. The Morgan fingerprint density at radius 3 is 2.86 bits per heavy atom. The molecule has 1 fully saturated rings. The highest BCUT2D eigenvalue weighted by Gasteiger charge is 2.27. The highest BCUT2D eigenvalue weighted by Crippen LogP contribution is 2.08. The average molecular weight is 194 g/mol. The van der Waals surface area contributed by atoms with E-state index in [4.69, 9.17) is 0 Å². The maximum atomic E-state index is 11.9. The average Bonchev–Trinajstić information content (AvgIpc) is 2.47. The van der Waals surface area contributed by atoms with Crippen LogP contribution in [0.4, 0.5) is 0 Å². The summed E-state index contributed by atoms with van der Waals surface area (Å²) in [6.45, 7) is 1.78. The number of hydrogen-bond donors (Lipinski definition) is 1. The van der Waals surface area contributed by atoms with E-state index in [1.54, 1.807) is 28.9 Å². The van der Waals surface area contributed by atoms with Gasteiger partial charge in [-0.1, -0.05) is 0 Å². The first-order valence-electron chi connectivity index (χ1n) is 4.66. The van der Waals surface area contributed by atoms with E-state index in [0.29, 0.717) is 11.7 Å². The fraction of sp³-hybridized carbons (Fsp3) is 0.556. The standard InChI is InChI=1S/C9H14N4O/c1-12(7-5-10-6-7)9(14)8-3-4-11-13(8)2/h3-4,7,10H,5-6H2,1-2H3. The number of nitrogens with zero attached hydrogens (tertiary/aromatic N) is 3. The number of nitrogens with one attached hydrogen (secondary N) is 1. The lowest BCUT2D eigenvalue weighted by atomic mass is 10.1. The van der Waals surface area contributed by atoms with Gasteiger partial charge in [0.1, 0.15) is 5.69 Å². The van der Waals surface area contributed by atoms with Crippen molar-refractivity contribution in [2.75, 3.05) is 20.1 Å². The molecule has 0 radical (unpaired) electrons. The zero-order chi connectivity index (χ0) is 10.1. The molecule has 1 aliphatic heterocycles. The van der Waals surface area contributed by atoms with Gasteiger partial charge in [0.05, 0.1) is 6.04 Å². The lowest BCUT2D eigenvalue weighted by molar-refractivity contribution is 0.0670. The zero-order valence-corrected chi connectivity index (χ0v) is 8.40. The van der Waals surface area contributed by atoms with E-state index in [9.17, 15) is 4.79 Å². The second-order valence-corrected chi connectivity index (χ2v) is 3.57. The lowest BCUT2D eigenvalue weighted by Gasteiger charge is -2.35. The van der Waals surface area contributed by atoms with Crippen LogP contribution in [0.2, 0.25) is 0 Å². The summed E-state index contributed by atoms with van der Waals surface area (Å²) < 4.78 is 1.60. The number of aromatic nitrogens is 2. The van der Waals surface area contributed by atoms with E-state index in [1.165, 1.54) is 0 Å². The van der Waals surface area contributed by atoms with Crippen LogP contribution in [0.5, 0.6) is 0 Å². The Bertz CT molecular complexity index is 342. The summed E-state index contributed by atoms with van der Waals surface area (Å²) in [4.78, 5) is 13.7. The van der Waals surface area contributed by atoms with E-state index in [1.807, 2.05) is 7.05 Å². The maximum absolute atomic E-state index is 11.9. The Hall–Kier alpha value is -1.36. The van der Waals surface area contributed by atoms with Gasteiger partial charge in [0.15, 0.2) is 0 Å². The molecule has 2 heterocycles. The van der Waals surface area contributed by atoms with Crippen molar-refractivity contribution in [1.82, 2.24) is 20.0 Å². The largest absolute Gasteiger partial charge is 0.335 e. The quantitative estimate of drug-likeness (QED) is 0.688. The van der Waals surface area contributed by atoms with Crippen LogP contribution in [0.3, 0.4) is 0 Å². The molecule has 0 atom stereocenters. The van der Waals surface area contributed by atoms with Crippen LogP contribution in [0.25, 0.3) is 0 Å². The van der Waals surface area contributed by atoms with Crippen LogP contribution in [-0.4, -0.2) is 46.8 Å². The summed E-state index contributed by atoms with van der Waals surface area (Å²) in [6, 6.07) is 2.07. The van der Waals surface area contributed by atoms with Crippen molar-refractivity contribution in [3.63, 3.8) is 0 Å². The molecular weight excluding hydrogens is 180 g/mol. The Kier molecular flexibility index (Phi) is 2.25. The highest BCUT2D eigenvalue weighted by atomic mass is 16.2. The summed E-state index contributed by atoms with van der Waals surface area (Å²) in [5.41, 5.74) is 0.638. The van der Waals surface area contributed by atoms with Gasteiger partial charge in [-0.3, -0.25) is 9.48 Å². The Morgan fingerprint density at radius 1 is 1.71 bits per heavy atom. The minimum absolute atomic E-state index is 0.0384. The van der Waals surface area contributed by atoms with Crippen molar-refractivity contribution in [2.24, 2.45) is 7.05 Å². The van der Waals surface area contributed by atoms with Gasteiger partial charge in [-0.25, -0.2) is 0 Å². The van der Waals surface area contributed by atoms with Gasteiger partial charge in [0, 0.05) is 33.4 Å². The molecular formula is C9H14N4O. The molecule has 0 unspecified atom stereocenters. The normalized spacial score (nSPS) is 16.4. The molecule has 14 heavy (non-hydrogen) atoms. The summed E-state index contributed by atoms with van der Waals surface area (Å²) >= 11 is 0. The van der Waals surface area contributed by atoms with Crippen molar-refractivity contribution < 1.29 is 4.79 Å². The van der Waals surface area contributed by atoms with Crippen LogP contribution >= 0.6 is 0 Å². The molecule has 0 spiro atoms. The van der Waals surface area contributed by atoms with Crippen molar-refractivity contribution >= 4 is 5.91 Å². The smallest absolute Gasteiger partial charge is 0.272 e. The molecule has 1 N–H and O–H groups in total. The van der Waals surface area contributed by atoms with Gasteiger partial charge in [-0.05, 0) is 6.07 Å². The number of carbonyl (C=O) groups excluding carboxylic acids is 1. The summed E-state index contributed by atoms with van der Waals surface area (Å²) in [5.74, 6) is 0.0384. The van der Waals surface area contributed by atoms with E-state index in [0.717, 1.165) is 13.1 Å². The SMILES string of the molecule is CN(C(=O)c1ccnn1C)C1CNC1. The predicted octanol–water partition coefficient (Wildman–Crippen LogP) is -0.536. The first kappa shape index (κ1) is 9.21. The van der Waals surface area contributed by atoms with Crippen LogP contribution in [-0.2, 0) is 7.05 Å². The maximum Gasteiger partial charge on any atom is 0.272 e. The van der Waals surface area contributed by atoms with Crippen molar-refractivity contribution in [1.29, 1.82) is 0 Å². The fourth-order valence-corrected chi connectivity index (χ4v) is 1.48. The van der Waals surface area contributed by atoms with Gasteiger partial charge in [-0.15, -0.1) is 0 Å². The topological polar surface area (TPSA) is 50.2 Å². The number of aryl methyl sites for hydroxylation is 1. The number of carbonyl (C=O) groups is 1. The van der Waals surface area contributed by atoms with Crippen molar-refractivity contribution in [3.05, 3.63) is 18.0 Å². The monoisotopic (exact) mass is 194 g/mol. The van der Waals surface area contributed by atoms with Crippen LogP contribution in [0.1, 0.15) is 10.5 Å². The van der Waals surface area contributed by atoms with E-state index >= 15 is 0 Å². The van der Waals surface area contributed by atoms with Gasteiger partial charge < -0.3 is 10.2 Å². The Balaban J connectivity index is 2.11. The second-order valence-electron chi connectivity index (χ2n) is 3.57. The van der Waals surface area contributed by atoms with Crippen LogP contribution in [0, 0.1) is 0 Å². The van der Waals surface area contributed by atoms with Crippen LogP contribution < -0.4 is 5.32 Å². The Labute approximate surface area is 82.7 Å². The molecule has 5 heteroatoms. The molecule has 0 aliphatic carbocycles. The lowest BCUT2D eigenvalue weighted by Crippen LogP contribution is -2.57. The second kappa shape index (κ2) is 3.42. The highest BCUT2D eigenvalue weighted by molar-refractivity contribution is 5.92. The molecule has 0 saturated carbocycles. The minimum atomic E-state index is 0.0384. The molecule has 5 nitrogen and oxygen atoms in total. The molecule has 76 valence electrons. The van der Waals surface area contributed by atoms with Gasteiger partial charge in [-0.2, -0.15) is 5.10 Å². The van der Waals surface area contributed by atoms with Crippen molar-refractivity contribution in [2.45, 2.75) is 6.04 Å². The third kappa shape index (κ3) is 1.39. The molecule has 0 aromatic carbocycles. The molecule has 1 aromatic heterocycles. The van der Waals surface area contributed by atoms with Crippen molar-refractivity contribution in [3.8, 4) is 0 Å². The minimum Gasteiger partial charge on any atom is -0.335 e. The summed E-state index contributed by atoms with van der Waals surface area (Å²) in [5, 5.41) is 7.12. The van der Waals surface area contributed by atoms with Gasteiger partial charge >= 0.3 is 0 Å². The third-order valence-corrected chi connectivity index (χ3v) is 2.67. The number of amides is 1.